The predicted molar refractivity (Wildman–Crippen MR) is 78.3 cm³/mol. The molecule has 24 heavy (non-hydrogen) atoms. The normalized spacial score (nSPS) is 19.4. The molecule has 130 valence electrons. The molecule has 6 nitrogen and oxygen atoms in total. The van der Waals surface area contributed by atoms with Gasteiger partial charge in [-0.25, -0.2) is 0 Å². The number of hydrogen-bond donors (Lipinski definition) is 1. The van der Waals surface area contributed by atoms with Crippen LogP contribution in [0.15, 0.2) is 28.8 Å². The van der Waals surface area contributed by atoms with E-state index in [9.17, 15) is 13.2 Å². The molecule has 1 aliphatic heterocycles. The fraction of sp³-hybridized carbons (Fsp3) is 0.467. The SMILES string of the molecule is CN1CCNCC1c1noc(COc2ccc(C(F)(F)F)cc2)n1. The van der Waals surface area contributed by atoms with E-state index in [-0.39, 0.29) is 18.5 Å². The third-order valence-corrected chi connectivity index (χ3v) is 3.84. The Kier molecular flexibility index (Phi) is 4.72. The van der Waals surface area contributed by atoms with Crippen molar-refractivity contribution in [3.63, 3.8) is 0 Å². The Bertz CT molecular complexity index is 672. The summed E-state index contributed by atoms with van der Waals surface area (Å²) in [5.41, 5.74) is -0.720. The van der Waals surface area contributed by atoms with Gasteiger partial charge in [0.25, 0.3) is 5.89 Å². The molecule has 0 bridgehead atoms. The van der Waals surface area contributed by atoms with Gasteiger partial charge < -0.3 is 14.6 Å². The molecule has 0 radical (unpaired) electrons. The van der Waals surface area contributed by atoms with E-state index in [0.29, 0.717) is 11.6 Å². The minimum atomic E-state index is -4.36. The first-order valence-corrected chi connectivity index (χ1v) is 7.47. The predicted octanol–water partition coefficient (Wildman–Crippen LogP) is 2.24. The summed E-state index contributed by atoms with van der Waals surface area (Å²) in [7, 11) is 1.99. The molecule has 3 rings (SSSR count). The van der Waals surface area contributed by atoms with Gasteiger partial charge in [-0.1, -0.05) is 5.16 Å². The van der Waals surface area contributed by atoms with E-state index in [1.165, 1.54) is 12.1 Å². The summed E-state index contributed by atoms with van der Waals surface area (Å²) in [6, 6.07) is 4.49. The number of hydrogen-bond acceptors (Lipinski definition) is 6. The highest BCUT2D eigenvalue weighted by Crippen LogP contribution is 2.30. The van der Waals surface area contributed by atoms with Gasteiger partial charge in [-0.15, -0.1) is 0 Å². The minimum Gasteiger partial charge on any atom is -0.484 e. The second-order valence-corrected chi connectivity index (χ2v) is 5.56. The Morgan fingerprint density at radius 2 is 2.08 bits per heavy atom. The number of benzene rings is 1. The molecule has 1 N–H and O–H groups in total. The zero-order valence-electron chi connectivity index (χ0n) is 13.0. The molecule has 0 spiro atoms. The van der Waals surface area contributed by atoms with Crippen LogP contribution >= 0.6 is 0 Å². The molecule has 0 saturated carbocycles. The minimum absolute atomic E-state index is 0.00221. The van der Waals surface area contributed by atoms with Gasteiger partial charge in [-0.05, 0) is 31.3 Å². The topological polar surface area (TPSA) is 63.4 Å². The molecule has 1 unspecified atom stereocenters. The van der Waals surface area contributed by atoms with Crippen molar-refractivity contribution >= 4 is 0 Å². The molecule has 9 heteroatoms. The zero-order chi connectivity index (χ0) is 17.2. The van der Waals surface area contributed by atoms with Crippen LogP contribution in [0.25, 0.3) is 0 Å². The number of halogens is 3. The summed E-state index contributed by atoms with van der Waals surface area (Å²) in [5.74, 6) is 1.15. The van der Waals surface area contributed by atoms with Gasteiger partial charge in [0.15, 0.2) is 12.4 Å². The fourth-order valence-electron chi connectivity index (χ4n) is 2.44. The summed E-state index contributed by atoms with van der Waals surface area (Å²) in [6.45, 7) is 2.53. The largest absolute Gasteiger partial charge is 0.484 e. The lowest BCUT2D eigenvalue weighted by Gasteiger charge is -2.30. The van der Waals surface area contributed by atoms with Crippen molar-refractivity contribution in [2.45, 2.75) is 18.8 Å². The van der Waals surface area contributed by atoms with Gasteiger partial charge in [-0.2, -0.15) is 18.2 Å². The highest BCUT2D eigenvalue weighted by molar-refractivity contribution is 5.28. The van der Waals surface area contributed by atoms with Crippen LogP contribution in [0.3, 0.4) is 0 Å². The van der Waals surface area contributed by atoms with Crippen molar-refractivity contribution in [1.82, 2.24) is 20.4 Å². The standard InChI is InChI=1S/C15H17F3N4O2/c1-22-7-6-19-8-12(22)14-20-13(24-21-14)9-23-11-4-2-10(3-5-11)15(16,17)18/h2-5,12,19H,6-9H2,1H3. The van der Waals surface area contributed by atoms with Crippen molar-refractivity contribution in [1.29, 1.82) is 0 Å². The number of nitrogens with zero attached hydrogens (tertiary/aromatic N) is 3. The molecule has 2 heterocycles. The van der Waals surface area contributed by atoms with Gasteiger partial charge in [0, 0.05) is 19.6 Å². The molecule has 1 fully saturated rings. The van der Waals surface area contributed by atoms with Crippen molar-refractivity contribution in [2.75, 3.05) is 26.7 Å². The second-order valence-electron chi connectivity index (χ2n) is 5.56. The summed E-state index contributed by atoms with van der Waals surface area (Å²) in [5, 5.41) is 7.21. The monoisotopic (exact) mass is 342 g/mol. The Balaban J connectivity index is 1.59. The summed E-state index contributed by atoms with van der Waals surface area (Å²) in [4.78, 5) is 6.42. The molecule has 2 aromatic rings. The highest BCUT2D eigenvalue weighted by atomic mass is 19.4. The first-order chi connectivity index (χ1) is 11.4. The lowest BCUT2D eigenvalue weighted by molar-refractivity contribution is -0.137. The molecular formula is C15H17F3N4O2. The van der Waals surface area contributed by atoms with Crippen LogP contribution < -0.4 is 10.1 Å². The number of rotatable bonds is 4. The number of alkyl halides is 3. The number of aromatic nitrogens is 2. The molecule has 1 aromatic carbocycles. The van der Waals surface area contributed by atoms with Crippen LogP contribution in [0.1, 0.15) is 23.3 Å². The average molecular weight is 342 g/mol. The van der Waals surface area contributed by atoms with Crippen molar-refractivity contribution in [3.8, 4) is 5.75 Å². The summed E-state index contributed by atoms with van der Waals surface area (Å²) >= 11 is 0. The van der Waals surface area contributed by atoms with Gasteiger partial charge in [0.1, 0.15) is 5.75 Å². The van der Waals surface area contributed by atoms with E-state index in [2.05, 4.69) is 20.4 Å². The van der Waals surface area contributed by atoms with Crippen molar-refractivity contribution in [2.24, 2.45) is 0 Å². The van der Waals surface area contributed by atoms with E-state index in [4.69, 9.17) is 9.26 Å². The molecular weight excluding hydrogens is 325 g/mol. The summed E-state index contributed by atoms with van der Waals surface area (Å²) < 4.78 is 48.0. The van der Waals surface area contributed by atoms with E-state index in [1.54, 1.807) is 0 Å². The molecule has 1 saturated heterocycles. The third kappa shape index (κ3) is 3.85. The summed E-state index contributed by atoms with van der Waals surface area (Å²) in [6.07, 6.45) is -4.36. The number of ether oxygens (including phenoxy) is 1. The van der Waals surface area contributed by atoms with Gasteiger partial charge in [0.05, 0.1) is 11.6 Å². The van der Waals surface area contributed by atoms with E-state index >= 15 is 0 Å². The van der Waals surface area contributed by atoms with Gasteiger partial charge in [-0.3, -0.25) is 4.90 Å². The smallest absolute Gasteiger partial charge is 0.416 e. The number of nitrogens with one attached hydrogen (secondary N) is 1. The maximum Gasteiger partial charge on any atom is 0.416 e. The van der Waals surface area contributed by atoms with E-state index < -0.39 is 11.7 Å². The van der Waals surface area contributed by atoms with Crippen molar-refractivity contribution in [3.05, 3.63) is 41.5 Å². The Morgan fingerprint density at radius 1 is 1.33 bits per heavy atom. The maximum absolute atomic E-state index is 12.5. The lowest BCUT2D eigenvalue weighted by atomic mass is 10.2. The molecule has 1 aromatic heterocycles. The third-order valence-electron chi connectivity index (χ3n) is 3.84. The number of piperazine rings is 1. The Morgan fingerprint density at radius 3 is 2.75 bits per heavy atom. The lowest BCUT2D eigenvalue weighted by Crippen LogP contribution is -2.44. The first-order valence-electron chi connectivity index (χ1n) is 7.47. The van der Waals surface area contributed by atoms with Crippen LogP contribution in [-0.4, -0.2) is 41.7 Å². The van der Waals surface area contributed by atoms with E-state index in [1.807, 2.05) is 7.05 Å². The van der Waals surface area contributed by atoms with Crippen LogP contribution in [0.2, 0.25) is 0 Å². The van der Waals surface area contributed by atoms with Gasteiger partial charge in [0.2, 0.25) is 0 Å². The van der Waals surface area contributed by atoms with Crippen LogP contribution in [0.4, 0.5) is 13.2 Å². The molecule has 0 amide bonds. The van der Waals surface area contributed by atoms with Gasteiger partial charge >= 0.3 is 6.18 Å². The Hall–Kier alpha value is -2.13. The zero-order valence-corrected chi connectivity index (χ0v) is 13.0. The van der Waals surface area contributed by atoms with Crippen LogP contribution in [0, 0.1) is 0 Å². The van der Waals surface area contributed by atoms with Crippen LogP contribution in [0.5, 0.6) is 5.75 Å². The number of likely N-dealkylation sites (N-methyl/N-ethyl adjacent to an activating group) is 1. The quantitative estimate of drug-likeness (QED) is 0.919. The Labute approximate surface area is 136 Å². The first kappa shape index (κ1) is 16.7. The fourth-order valence-corrected chi connectivity index (χ4v) is 2.44. The van der Waals surface area contributed by atoms with E-state index in [0.717, 1.165) is 31.8 Å². The second kappa shape index (κ2) is 6.78. The highest BCUT2D eigenvalue weighted by Gasteiger charge is 2.30. The van der Waals surface area contributed by atoms with Crippen LogP contribution in [-0.2, 0) is 12.8 Å². The molecule has 0 aliphatic carbocycles. The average Bonchev–Trinajstić information content (AvgIpc) is 3.02. The molecule has 1 atom stereocenters. The maximum atomic E-state index is 12.5. The molecule has 1 aliphatic rings. The van der Waals surface area contributed by atoms with Crippen molar-refractivity contribution < 1.29 is 22.4 Å².